The second-order valence-electron chi connectivity index (χ2n) is 9.63. The van der Waals surface area contributed by atoms with Gasteiger partial charge in [-0.1, -0.05) is 19.9 Å². The summed E-state index contributed by atoms with van der Waals surface area (Å²) in [5.74, 6) is 0.112. The molecule has 3 aliphatic rings. The number of piperazine rings is 1. The van der Waals surface area contributed by atoms with Gasteiger partial charge in [0.05, 0.1) is 0 Å². The van der Waals surface area contributed by atoms with Gasteiger partial charge in [-0.3, -0.25) is 9.69 Å². The Morgan fingerprint density at radius 3 is 2.56 bits per heavy atom. The van der Waals surface area contributed by atoms with E-state index in [-0.39, 0.29) is 17.4 Å². The SMILES string of the molecule is CN1CCN(C2CCC(NC(=O)c3ccc4c(c3)CCC4)C(C)(C)C2)CC1. The number of fused-ring (bicyclic) bond motifs is 1. The molecule has 1 heterocycles. The molecule has 0 radical (unpaired) electrons. The van der Waals surface area contributed by atoms with Crippen LogP contribution in [0.2, 0.25) is 0 Å². The van der Waals surface area contributed by atoms with Crippen LogP contribution in [-0.2, 0) is 12.8 Å². The molecule has 1 aromatic rings. The van der Waals surface area contributed by atoms with E-state index in [4.69, 9.17) is 0 Å². The minimum Gasteiger partial charge on any atom is -0.349 e. The number of nitrogens with zero attached hydrogens (tertiary/aromatic N) is 2. The highest BCUT2D eigenvalue weighted by Gasteiger charge is 2.40. The van der Waals surface area contributed by atoms with Crippen molar-refractivity contribution in [1.82, 2.24) is 15.1 Å². The second kappa shape index (κ2) is 7.56. The molecule has 27 heavy (non-hydrogen) atoms. The molecule has 4 rings (SSSR count). The molecule has 1 aromatic carbocycles. The normalized spacial score (nSPS) is 28.7. The van der Waals surface area contributed by atoms with Gasteiger partial charge in [0.15, 0.2) is 0 Å². The van der Waals surface area contributed by atoms with Crippen LogP contribution in [0.4, 0.5) is 0 Å². The second-order valence-corrected chi connectivity index (χ2v) is 9.63. The number of likely N-dealkylation sites (N-methyl/N-ethyl adjacent to an activating group) is 1. The Morgan fingerprint density at radius 1 is 1.07 bits per heavy atom. The molecule has 1 amide bonds. The smallest absolute Gasteiger partial charge is 0.251 e. The predicted molar refractivity (Wildman–Crippen MR) is 110 cm³/mol. The van der Waals surface area contributed by atoms with Crippen LogP contribution in [0.1, 0.15) is 61.0 Å². The first kappa shape index (κ1) is 18.9. The Labute approximate surface area is 164 Å². The van der Waals surface area contributed by atoms with Crippen molar-refractivity contribution in [3.8, 4) is 0 Å². The van der Waals surface area contributed by atoms with E-state index in [1.807, 2.05) is 6.07 Å². The largest absolute Gasteiger partial charge is 0.349 e. The lowest BCUT2D eigenvalue weighted by atomic mass is 9.70. The van der Waals surface area contributed by atoms with Crippen molar-refractivity contribution in [3.05, 3.63) is 34.9 Å². The van der Waals surface area contributed by atoms with Crippen molar-refractivity contribution < 1.29 is 4.79 Å². The minimum absolute atomic E-state index is 0.112. The first-order valence-electron chi connectivity index (χ1n) is 10.8. The minimum atomic E-state index is 0.112. The fraction of sp³-hybridized carbons (Fsp3) is 0.696. The first-order valence-corrected chi connectivity index (χ1v) is 10.8. The Balaban J connectivity index is 1.37. The van der Waals surface area contributed by atoms with Crippen LogP contribution in [0.3, 0.4) is 0 Å². The van der Waals surface area contributed by atoms with Crippen molar-refractivity contribution in [2.45, 2.75) is 64.5 Å². The van der Waals surface area contributed by atoms with E-state index >= 15 is 0 Å². The zero-order valence-electron chi connectivity index (χ0n) is 17.3. The molecule has 0 spiro atoms. The number of hydrogen-bond acceptors (Lipinski definition) is 3. The fourth-order valence-corrected chi connectivity index (χ4v) is 5.32. The highest BCUT2D eigenvalue weighted by molar-refractivity contribution is 5.94. The number of carbonyl (C=O) groups is 1. The molecule has 0 aromatic heterocycles. The summed E-state index contributed by atoms with van der Waals surface area (Å²) in [6, 6.07) is 7.24. The maximum absolute atomic E-state index is 12.9. The van der Waals surface area contributed by atoms with Gasteiger partial charge in [-0.2, -0.15) is 0 Å². The van der Waals surface area contributed by atoms with E-state index in [9.17, 15) is 4.79 Å². The van der Waals surface area contributed by atoms with Crippen LogP contribution in [0, 0.1) is 5.41 Å². The lowest BCUT2D eigenvalue weighted by Gasteiger charge is -2.48. The van der Waals surface area contributed by atoms with E-state index in [0.29, 0.717) is 6.04 Å². The topological polar surface area (TPSA) is 35.6 Å². The maximum Gasteiger partial charge on any atom is 0.251 e. The molecule has 2 fully saturated rings. The number of hydrogen-bond donors (Lipinski definition) is 1. The Bertz CT molecular complexity index is 691. The van der Waals surface area contributed by atoms with Crippen molar-refractivity contribution >= 4 is 5.91 Å². The van der Waals surface area contributed by atoms with Crippen LogP contribution >= 0.6 is 0 Å². The van der Waals surface area contributed by atoms with Gasteiger partial charge < -0.3 is 10.2 Å². The zero-order valence-corrected chi connectivity index (χ0v) is 17.3. The zero-order chi connectivity index (χ0) is 19.0. The molecule has 2 aliphatic carbocycles. The van der Waals surface area contributed by atoms with Crippen LogP contribution in [-0.4, -0.2) is 61.0 Å². The lowest BCUT2D eigenvalue weighted by Crippen LogP contribution is -2.56. The fourth-order valence-electron chi connectivity index (χ4n) is 5.32. The molecule has 1 N–H and O–H groups in total. The molecule has 2 atom stereocenters. The average Bonchev–Trinajstić information content (AvgIpc) is 3.11. The van der Waals surface area contributed by atoms with Gasteiger partial charge in [0.25, 0.3) is 5.91 Å². The van der Waals surface area contributed by atoms with Gasteiger partial charge in [0.1, 0.15) is 0 Å². The van der Waals surface area contributed by atoms with Crippen LogP contribution in [0.25, 0.3) is 0 Å². The third-order valence-electron chi connectivity index (χ3n) is 7.21. The Kier molecular flexibility index (Phi) is 5.30. The van der Waals surface area contributed by atoms with Gasteiger partial charge in [-0.25, -0.2) is 0 Å². The van der Waals surface area contributed by atoms with Gasteiger partial charge in [-0.05, 0) is 74.2 Å². The van der Waals surface area contributed by atoms with Gasteiger partial charge in [0, 0.05) is 43.8 Å². The molecule has 148 valence electrons. The quantitative estimate of drug-likeness (QED) is 0.889. The molecule has 1 aliphatic heterocycles. The molecule has 2 unspecified atom stereocenters. The molecule has 1 saturated heterocycles. The van der Waals surface area contributed by atoms with Crippen LogP contribution < -0.4 is 5.32 Å². The van der Waals surface area contributed by atoms with Gasteiger partial charge >= 0.3 is 0 Å². The maximum atomic E-state index is 12.9. The Morgan fingerprint density at radius 2 is 1.81 bits per heavy atom. The summed E-state index contributed by atoms with van der Waals surface area (Å²) >= 11 is 0. The summed E-state index contributed by atoms with van der Waals surface area (Å²) in [7, 11) is 2.21. The van der Waals surface area contributed by atoms with Crippen LogP contribution in [0.5, 0.6) is 0 Å². The molecule has 0 bridgehead atoms. The molecule has 4 heteroatoms. The third-order valence-corrected chi connectivity index (χ3v) is 7.21. The summed E-state index contributed by atoms with van der Waals surface area (Å²) in [6.07, 6.45) is 6.97. The van der Waals surface area contributed by atoms with Crippen molar-refractivity contribution in [3.63, 3.8) is 0 Å². The third kappa shape index (κ3) is 4.07. The average molecular weight is 370 g/mol. The number of carbonyl (C=O) groups excluding carboxylic acids is 1. The lowest BCUT2D eigenvalue weighted by molar-refractivity contribution is 0.0370. The number of benzene rings is 1. The van der Waals surface area contributed by atoms with Crippen molar-refractivity contribution in [2.75, 3.05) is 33.2 Å². The van der Waals surface area contributed by atoms with Crippen molar-refractivity contribution in [1.29, 1.82) is 0 Å². The number of aryl methyl sites for hydroxylation is 2. The number of rotatable bonds is 3. The van der Waals surface area contributed by atoms with Crippen LogP contribution in [0.15, 0.2) is 18.2 Å². The number of nitrogens with one attached hydrogen (secondary N) is 1. The molecule has 1 saturated carbocycles. The highest BCUT2D eigenvalue weighted by atomic mass is 16.1. The summed E-state index contributed by atoms with van der Waals surface area (Å²) in [5.41, 5.74) is 3.78. The number of amides is 1. The van der Waals surface area contributed by atoms with Crippen molar-refractivity contribution in [2.24, 2.45) is 5.41 Å². The van der Waals surface area contributed by atoms with Gasteiger partial charge in [-0.15, -0.1) is 0 Å². The first-order chi connectivity index (χ1) is 12.9. The molecular weight excluding hydrogens is 334 g/mol. The Hall–Kier alpha value is -1.39. The van der Waals surface area contributed by atoms with Gasteiger partial charge in [0.2, 0.25) is 0 Å². The summed E-state index contributed by atoms with van der Waals surface area (Å²) in [6.45, 7) is 9.39. The molecular formula is C23H35N3O. The predicted octanol–water partition coefficient (Wildman–Crippen LogP) is 3.10. The molecule has 4 nitrogen and oxygen atoms in total. The summed E-state index contributed by atoms with van der Waals surface area (Å²) < 4.78 is 0. The van der Waals surface area contributed by atoms with E-state index in [2.05, 4.69) is 48.1 Å². The monoisotopic (exact) mass is 369 g/mol. The highest BCUT2D eigenvalue weighted by Crippen LogP contribution is 2.38. The van der Waals surface area contributed by atoms with E-state index in [1.165, 1.54) is 63.0 Å². The standard InChI is InChI=1S/C23H35N3O/c1-23(2)16-20(26-13-11-25(3)12-14-26)9-10-21(23)24-22(27)19-8-7-17-5-4-6-18(17)15-19/h7-8,15,20-21H,4-6,9-14,16H2,1-3H3,(H,24,27). The van der Waals surface area contributed by atoms with E-state index in [1.54, 1.807) is 0 Å². The summed E-state index contributed by atoms with van der Waals surface area (Å²) in [4.78, 5) is 18.0. The van der Waals surface area contributed by atoms with E-state index in [0.717, 1.165) is 18.4 Å². The van der Waals surface area contributed by atoms with E-state index < -0.39 is 0 Å². The summed E-state index contributed by atoms with van der Waals surface area (Å²) in [5, 5.41) is 3.38.